The molecule has 3 aromatic heterocycles. The molecule has 1 N–H and O–H groups in total. The second-order valence-electron chi connectivity index (χ2n) is 5.87. The number of rotatable bonds is 7. The van der Waals surface area contributed by atoms with Gasteiger partial charge < -0.3 is 10.1 Å². The van der Waals surface area contributed by atoms with Crippen molar-refractivity contribution in [3.63, 3.8) is 0 Å². The molecule has 0 bridgehead atoms. The third-order valence-corrected chi connectivity index (χ3v) is 5.04. The molecule has 0 fully saturated rings. The van der Waals surface area contributed by atoms with Crippen molar-refractivity contribution in [1.82, 2.24) is 18.7 Å². The molecule has 10 heteroatoms. The van der Waals surface area contributed by atoms with E-state index in [2.05, 4.69) is 31.2 Å². The van der Waals surface area contributed by atoms with E-state index in [9.17, 15) is 4.79 Å². The molecule has 0 saturated heterocycles. The van der Waals surface area contributed by atoms with Gasteiger partial charge in [-0.25, -0.2) is 14.8 Å². The number of allylic oxidation sites excluding steroid dienone is 3. The topological polar surface area (TPSA) is 93.8 Å². The lowest BCUT2D eigenvalue weighted by Gasteiger charge is -2.07. The van der Waals surface area contributed by atoms with Crippen molar-refractivity contribution >= 4 is 57.4 Å². The van der Waals surface area contributed by atoms with Gasteiger partial charge in [0.25, 0.3) is 0 Å². The van der Waals surface area contributed by atoms with Crippen LogP contribution in [0, 0.1) is 0 Å². The Balaban J connectivity index is 1.96. The van der Waals surface area contributed by atoms with Crippen LogP contribution in [0.3, 0.4) is 0 Å². The Kier molecular flexibility index (Phi) is 6.40. The van der Waals surface area contributed by atoms with E-state index in [1.807, 2.05) is 24.3 Å². The van der Waals surface area contributed by atoms with Crippen molar-refractivity contribution in [2.75, 3.05) is 11.9 Å². The van der Waals surface area contributed by atoms with Crippen LogP contribution in [-0.2, 0) is 4.74 Å². The zero-order valence-electron chi connectivity index (χ0n) is 16.1. The lowest BCUT2D eigenvalue weighted by atomic mass is 10.2. The van der Waals surface area contributed by atoms with E-state index in [-0.39, 0.29) is 17.3 Å². The molecule has 0 unspecified atom stereocenters. The SMILES string of the molecule is C=C(C)N=C/C(=C\C)c1cnc2c(Nc3snc(C(=O)OCC)c3Cl)nccn12. The predicted octanol–water partition coefficient (Wildman–Crippen LogP) is 4.77. The van der Waals surface area contributed by atoms with E-state index < -0.39 is 5.97 Å². The third kappa shape index (κ3) is 4.36. The number of halogens is 1. The van der Waals surface area contributed by atoms with E-state index in [0.29, 0.717) is 22.2 Å². The van der Waals surface area contributed by atoms with Crippen LogP contribution in [0.15, 0.2) is 41.9 Å². The van der Waals surface area contributed by atoms with Crippen LogP contribution < -0.4 is 5.32 Å². The van der Waals surface area contributed by atoms with E-state index in [1.165, 1.54) is 0 Å². The molecule has 3 heterocycles. The summed E-state index contributed by atoms with van der Waals surface area (Å²) >= 11 is 7.35. The van der Waals surface area contributed by atoms with Gasteiger partial charge in [0.1, 0.15) is 10.0 Å². The summed E-state index contributed by atoms with van der Waals surface area (Å²) in [5, 5.41) is 3.78. The van der Waals surface area contributed by atoms with Gasteiger partial charge in [-0.2, -0.15) is 4.37 Å². The van der Waals surface area contributed by atoms with Gasteiger partial charge in [-0.3, -0.25) is 9.39 Å². The van der Waals surface area contributed by atoms with E-state index in [0.717, 1.165) is 22.8 Å². The van der Waals surface area contributed by atoms with Crippen molar-refractivity contribution in [1.29, 1.82) is 0 Å². The fraction of sp³-hybridized carbons (Fsp3) is 0.211. The number of aliphatic imine (C=N–C) groups is 1. The van der Waals surface area contributed by atoms with Crippen molar-refractivity contribution in [3.8, 4) is 0 Å². The molecule has 0 spiro atoms. The van der Waals surface area contributed by atoms with Gasteiger partial charge in [-0.15, -0.1) is 0 Å². The highest BCUT2D eigenvalue weighted by Gasteiger charge is 2.21. The van der Waals surface area contributed by atoms with Crippen molar-refractivity contribution in [2.45, 2.75) is 20.8 Å². The first-order valence-electron chi connectivity index (χ1n) is 8.73. The number of hydrogen-bond donors (Lipinski definition) is 1. The second kappa shape index (κ2) is 8.97. The molecule has 150 valence electrons. The first kappa shape index (κ1) is 20.7. The molecule has 3 aromatic rings. The smallest absolute Gasteiger partial charge is 0.359 e. The summed E-state index contributed by atoms with van der Waals surface area (Å²) in [6.07, 6.45) is 8.87. The minimum atomic E-state index is -0.564. The van der Waals surface area contributed by atoms with Crippen molar-refractivity contribution < 1.29 is 9.53 Å². The number of nitrogens with one attached hydrogen (secondary N) is 1. The van der Waals surface area contributed by atoms with Crippen LogP contribution in [0.2, 0.25) is 5.02 Å². The Morgan fingerprint density at radius 1 is 1.48 bits per heavy atom. The van der Waals surface area contributed by atoms with Gasteiger partial charge in [0.15, 0.2) is 17.2 Å². The van der Waals surface area contributed by atoms with Gasteiger partial charge in [-0.05, 0) is 32.3 Å². The minimum Gasteiger partial charge on any atom is -0.461 e. The molecule has 0 aromatic carbocycles. The van der Waals surface area contributed by atoms with Crippen LogP contribution in [-0.4, -0.2) is 37.5 Å². The van der Waals surface area contributed by atoms with Crippen molar-refractivity contribution in [2.24, 2.45) is 4.99 Å². The minimum absolute atomic E-state index is 0.0733. The number of ether oxygens (including phenoxy) is 1. The maximum atomic E-state index is 11.9. The van der Waals surface area contributed by atoms with Crippen LogP contribution >= 0.6 is 23.1 Å². The summed E-state index contributed by atoms with van der Waals surface area (Å²) in [7, 11) is 0. The normalized spacial score (nSPS) is 11.9. The number of carbonyl (C=O) groups is 1. The summed E-state index contributed by atoms with van der Waals surface area (Å²) in [5.41, 5.74) is 3.11. The highest BCUT2D eigenvalue weighted by Crippen LogP contribution is 2.33. The first-order valence-corrected chi connectivity index (χ1v) is 9.89. The molecule has 0 aliphatic rings. The fourth-order valence-electron chi connectivity index (χ4n) is 2.48. The molecule has 0 amide bonds. The highest BCUT2D eigenvalue weighted by atomic mass is 35.5. The summed E-state index contributed by atoms with van der Waals surface area (Å²) in [6, 6.07) is 0. The van der Waals surface area contributed by atoms with Crippen LogP contribution in [0.4, 0.5) is 10.8 Å². The Morgan fingerprint density at radius 2 is 2.28 bits per heavy atom. The lowest BCUT2D eigenvalue weighted by molar-refractivity contribution is 0.0521. The molecule has 0 atom stereocenters. The van der Waals surface area contributed by atoms with Crippen molar-refractivity contribution in [3.05, 3.63) is 53.4 Å². The molecule has 0 saturated carbocycles. The van der Waals surface area contributed by atoms with Gasteiger partial charge in [-0.1, -0.05) is 24.3 Å². The predicted molar refractivity (Wildman–Crippen MR) is 116 cm³/mol. The largest absolute Gasteiger partial charge is 0.461 e. The van der Waals surface area contributed by atoms with E-state index >= 15 is 0 Å². The summed E-state index contributed by atoms with van der Waals surface area (Å²) in [4.78, 5) is 25.0. The quantitative estimate of drug-likeness (QED) is 0.428. The highest BCUT2D eigenvalue weighted by molar-refractivity contribution is 7.11. The Hall–Kier alpha value is -3.04. The van der Waals surface area contributed by atoms with Crippen LogP contribution in [0.25, 0.3) is 11.2 Å². The second-order valence-corrected chi connectivity index (χ2v) is 7.02. The molecule has 0 aliphatic carbocycles. The Bertz CT molecular complexity index is 1130. The van der Waals surface area contributed by atoms with Gasteiger partial charge >= 0.3 is 5.97 Å². The zero-order valence-corrected chi connectivity index (χ0v) is 17.7. The Morgan fingerprint density at radius 3 is 2.97 bits per heavy atom. The summed E-state index contributed by atoms with van der Waals surface area (Å²) < 4.78 is 10.9. The number of anilines is 2. The average Bonchev–Trinajstić information content (AvgIpc) is 3.28. The molecule has 0 radical (unpaired) electrons. The average molecular weight is 431 g/mol. The standard InChI is InChI=1S/C19H19ClN6O2S/c1-5-12(9-22-11(3)4)13-10-23-17-16(21-7-8-26(13)17)24-18-14(20)15(25-29-18)19(27)28-6-2/h5,7-10H,3,6H2,1-2,4H3,(H,21,24)/b12-5+,22-9?. The van der Waals surface area contributed by atoms with Gasteiger partial charge in [0.2, 0.25) is 0 Å². The van der Waals surface area contributed by atoms with E-state index in [4.69, 9.17) is 16.3 Å². The number of hydrogen-bond acceptors (Lipinski definition) is 8. The number of aromatic nitrogens is 4. The number of nitrogens with zero attached hydrogens (tertiary/aromatic N) is 5. The molecule has 8 nitrogen and oxygen atoms in total. The fourth-order valence-corrected chi connectivity index (χ4v) is 3.47. The lowest BCUT2D eigenvalue weighted by Crippen LogP contribution is -2.05. The third-order valence-electron chi connectivity index (χ3n) is 3.79. The number of imidazole rings is 1. The van der Waals surface area contributed by atoms with E-state index in [1.54, 1.807) is 31.7 Å². The summed E-state index contributed by atoms with van der Waals surface area (Å²) in [5.74, 6) is -0.0856. The Labute approximate surface area is 176 Å². The maximum absolute atomic E-state index is 11.9. The molecule has 29 heavy (non-hydrogen) atoms. The number of carbonyl (C=O) groups excluding carboxylic acids is 1. The van der Waals surface area contributed by atoms with Crippen LogP contribution in [0.1, 0.15) is 37.0 Å². The van der Waals surface area contributed by atoms with Crippen LogP contribution in [0.5, 0.6) is 0 Å². The molecule has 0 aliphatic heterocycles. The zero-order chi connectivity index (χ0) is 21.0. The van der Waals surface area contributed by atoms with Gasteiger partial charge in [0, 0.05) is 29.9 Å². The molecule has 3 rings (SSSR count). The first-order chi connectivity index (χ1) is 14.0. The maximum Gasteiger partial charge on any atom is 0.359 e. The molecular weight excluding hydrogens is 412 g/mol. The molecular formula is C19H19ClN6O2S. The number of fused-ring (bicyclic) bond motifs is 1. The van der Waals surface area contributed by atoms with Gasteiger partial charge in [0.05, 0.1) is 18.5 Å². The number of esters is 1. The monoisotopic (exact) mass is 430 g/mol. The summed E-state index contributed by atoms with van der Waals surface area (Å²) in [6.45, 7) is 9.50.